The summed E-state index contributed by atoms with van der Waals surface area (Å²) in [6.07, 6.45) is 4.88. The maximum absolute atomic E-state index is 13.1. The number of carboxylic acids is 1. The minimum Gasteiger partial charge on any atom is -0.481 e. The Morgan fingerprint density at radius 2 is 1.83 bits per heavy atom. The third-order valence-electron chi connectivity index (χ3n) is 5.21. The number of amides is 1. The van der Waals surface area contributed by atoms with E-state index in [-0.39, 0.29) is 11.9 Å². The van der Waals surface area contributed by atoms with Gasteiger partial charge in [-0.3, -0.25) is 9.59 Å². The third-order valence-corrected chi connectivity index (χ3v) is 5.21. The summed E-state index contributed by atoms with van der Waals surface area (Å²) in [7, 11) is 0. The highest BCUT2D eigenvalue weighted by atomic mass is 16.4. The van der Waals surface area contributed by atoms with Crippen LogP contribution in [0.25, 0.3) is 0 Å². The van der Waals surface area contributed by atoms with Crippen molar-refractivity contribution < 1.29 is 14.7 Å². The summed E-state index contributed by atoms with van der Waals surface area (Å²) in [4.78, 5) is 24.2. The van der Waals surface area contributed by atoms with Crippen LogP contribution in [0.1, 0.15) is 57.1 Å². The normalized spacial score (nSPS) is 19.6. The molecule has 0 spiro atoms. The molecule has 0 bridgehead atoms. The van der Waals surface area contributed by atoms with E-state index in [1.807, 2.05) is 25.1 Å². The molecule has 4 nitrogen and oxygen atoms in total. The Morgan fingerprint density at radius 3 is 2.39 bits per heavy atom. The summed E-state index contributed by atoms with van der Waals surface area (Å²) in [6.45, 7) is 5.43. The highest BCUT2D eigenvalue weighted by molar-refractivity contribution is 5.89. The molecule has 0 aromatic heterocycles. The van der Waals surface area contributed by atoms with Crippen LogP contribution in [0.3, 0.4) is 0 Å². The van der Waals surface area contributed by atoms with Crippen molar-refractivity contribution in [2.45, 2.75) is 64.3 Å². The number of carboxylic acid groups (broad SMARTS) is 1. The van der Waals surface area contributed by atoms with E-state index in [9.17, 15) is 9.59 Å². The van der Waals surface area contributed by atoms with Crippen molar-refractivity contribution in [1.29, 1.82) is 0 Å². The van der Waals surface area contributed by atoms with Crippen molar-refractivity contribution in [3.8, 4) is 0 Å². The Hall–Kier alpha value is -1.84. The van der Waals surface area contributed by atoms with E-state index < -0.39 is 17.3 Å². The fraction of sp³-hybridized carbons (Fsp3) is 0.579. The molecular formula is C19H27NO3. The molecule has 0 saturated heterocycles. The van der Waals surface area contributed by atoms with Gasteiger partial charge in [-0.1, -0.05) is 49.1 Å². The molecule has 0 radical (unpaired) electrons. The molecule has 2 rings (SSSR count). The third kappa shape index (κ3) is 3.74. The van der Waals surface area contributed by atoms with Crippen molar-refractivity contribution in [3.05, 3.63) is 35.4 Å². The molecule has 2 unspecified atom stereocenters. The van der Waals surface area contributed by atoms with E-state index in [1.165, 1.54) is 0 Å². The van der Waals surface area contributed by atoms with Gasteiger partial charge in [-0.25, -0.2) is 0 Å². The maximum Gasteiger partial charge on any atom is 0.308 e. The second kappa shape index (κ2) is 7.16. The van der Waals surface area contributed by atoms with Gasteiger partial charge in [-0.2, -0.15) is 0 Å². The molecule has 1 aromatic carbocycles. The van der Waals surface area contributed by atoms with Gasteiger partial charge in [0.05, 0.1) is 11.3 Å². The second-order valence-corrected chi connectivity index (χ2v) is 6.90. The van der Waals surface area contributed by atoms with Gasteiger partial charge in [-0.05, 0) is 39.2 Å². The highest BCUT2D eigenvalue weighted by Crippen LogP contribution is 2.40. The SMILES string of the molecule is Cc1cccc(C2(C(=O)NC(C)C(C)C(=O)O)CCCCC2)c1. The molecule has 23 heavy (non-hydrogen) atoms. The van der Waals surface area contributed by atoms with E-state index in [0.29, 0.717) is 0 Å². The average Bonchev–Trinajstić information content (AvgIpc) is 2.54. The summed E-state index contributed by atoms with van der Waals surface area (Å²) >= 11 is 0. The fourth-order valence-electron chi connectivity index (χ4n) is 3.43. The Kier molecular flexibility index (Phi) is 5.45. The zero-order valence-corrected chi connectivity index (χ0v) is 14.3. The van der Waals surface area contributed by atoms with Crippen LogP contribution in [-0.4, -0.2) is 23.0 Å². The van der Waals surface area contributed by atoms with Crippen LogP contribution in [0.15, 0.2) is 24.3 Å². The smallest absolute Gasteiger partial charge is 0.308 e. The number of aryl methyl sites for hydroxylation is 1. The van der Waals surface area contributed by atoms with Crippen LogP contribution in [0, 0.1) is 12.8 Å². The zero-order valence-electron chi connectivity index (χ0n) is 14.3. The lowest BCUT2D eigenvalue weighted by atomic mass is 9.68. The van der Waals surface area contributed by atoms with Gasteiger partial charge in [-0.15, -0.1) is 0 Å². The van der Waals surface area contributed by atoms with E-state index in [0.717, 1.165) is 43.2 Å². The number of hydrogen-bond acceptors (Lipinski definition) is 2. The molecule has 1 fully saturated rings. The topological polar surface area (TPSA) is 66.4 Å². The fourth-order valence-corrected chi connectivity index (χ4v) is 3.43. The van der Waals surface area contributed by atoms with Crippen molar-refractivity contribution in [2.24, 2.45) is 5.92 Å². The van der Waals surface area contributed by atoms with Crippen molar-refractivity contribution in [1.82, 2.24) is 5.32 Å². The van der Waals surface area contributed by atoms with Gasteiger partial charge in [0, 0.05) is 6.04 Å². The van der Waals surface area contributed by atoms with Crippen LogP contribution in [-0.2, 0) is 15.0 Å². The van der Waals surface area contributed by atoms with Gasteiger partial charge in [0.1, 0.15) is 0 Å². The lowest BCUT2D eigenvalue weighted by Crippen LogP contribution is -2.51. The van der Waals surface area contributed by atoms with Crippen LogP contribution in [0.4, 0.5) is 0 Å². The van der Waals surface area contributed by atoms with Gasteiger partial charge in [0.25, 0.3) is 0 Å². The molecule has 1 amide bonds. The van der Waals surface area contributed by atoms with E-state index in [1.54, 1.807) is 13.8 Å². The predicted molar refractivity (Wildman–Crippen MR) is 90.3 cm³/mol. The molecule has 0 aliphatic heterocycles. The standard InChI is InChI=1S/C19H27NO3/c1-13-8-7-9-16(12-13)19(10-5-4-6-11-19)18(23)20-15(3)14(2)17(21)22/h7-9,12,14-15H,4-6,10-11H2,1-3H3,(H,20,23)(H,21,22). The monoisotopic (exact) mass is 317 g/mol. The lowest BCUT2D eigenvalue weighted by Gasteiger charge is -2.38. The molecule has 0 heterocycles. The first-order valence-electron chi connectivity index (χ1n) is 8.48. The summed E-state index contributed by atoms with van der Waals surface area (Å²) in [5.41, 5.74) is 1.69. The van der Waals surface area contributed by atoms with Gasteiger partial charge < -0.3 is 10.4 Å². The van der Waals surface area contributed by atoms with E-state index >= 15 is 0 Å². The van der Waals surface area contributed by atoms with E-state index in [2.05, 4.69) is 11.4 Å². The Balaban J connectivity index is 2.28. The summed E-state index contributed by atoms with van der Waals surface area (Å²) in [5, 5.41) is 12.1. The molecule has 4 heteroatoms. The van der Waals surface area contributed by atoms with Gasteiger partial charge in [0.15, 0.2) is 0 Å². The Bertz CT molecular complexity index is 576. The quantitative estimate of drug-likeness (QED) is 0.874. The Morgan fingerprint density at radius 1 is 1.17 bits per heavy atom. The summed E-state index contributed by atoms with van der Waals surface area (Å²) < 4.78 is 0. The number of rotatable bonds is 5. The highest BCUT2D eigenvalue weighted by Gasteiger charge is 2.42. The molecule has 1 aliphatic rings. The van der Waals surface area contributed by atoms with Gasteiger partial charge >= 0.3 is 5.97 Å². The van der Waals surface area contributed by atoms with Crippen LogP contribution >= 0.6 is 0 Å². The van der Waals surface area contributed by atoms with Crippen molar-refractivity contribution in [3.63, 3.8) is 0 Å². The Labute approximate surface area is 138 Å². The molecular weight excluding hydrogens is 290 g/mol. The molecule has 126 valence electrons. The molecule has 2 N–H and O–H groups in total. The van der Waals surface area contributed by atoms with Gasteiger partial charge in [0.2, 0.25) is 5.91 Å². The van der Waals surface area contributed by atoms with Crippen LogP contribution < -0.4 is 5.32 Å². The zero-order chi connectivity index (χ0) is 17.0. The first-order valence-corrected chi connectivity index (χ1v) is 8.48. The number of nitrogens with one attached hydrogen (secondary N) is 1. The second-order valence-electron chi connectivity index (χ2n) is 6.90. The lowest BCUT2D eigenvalue weighted by molar-refractivity contribution is -0.142. The first-order chi connectivity index (χ1) is 10.9. The largest absolute Gasteiger partial charge is 0.481 e. The predicted octanol–water partition coefficient (Wildman–Crippen LogP) is 3.42. The number of benzene rings is 1. The average molecular weight is 317 g/mol. The number of hydrogen-bond donors (Lipinski definition) is 2. The van der Waals surface area contributed by atoms with Crippen molar-refractivity contribution in [2.75, 3.05) is 0 Å². The molecule has 1 aliphatic carbocycles. The minimum atomic E-state index is -0.883. The van der Waals surface area contributed by atoms with E-state index in [4.69, 9.17) is 5.11 Å². The van der Waals surface area contributed by atoms with Crippen LogP contribution in [0.5, 0.6) is 0 Å². The summed E-state index contributed by atoms with van der Waals surface area (Å²) in [5.74, 6) is -1.51. The maximum atomic E-state index is 13.1. The number of carbonyl (C=O) groups is 2. The minimum absolute atomic E-state index is 0.0246. The molecule has 2 atom stereocenters. The number of aliphatic carboxylic acids is 1. The van der Waals surface area contributed by atoms with Crippen molar-refractivity contribution >= 4 is 11.9 Å². The summed E-state index contributed by atoms with van der Waals surface area (Å²) in [6, 6.07) is 7.77. The molecule has 1 saturated carbocycles. The molecule has 1 aromatic rings. The first kappa shape index (κ1) is 17.5. The number of carbonyl (C=O) groups excluding carboxylic acids is 1. The van der Waals surface area contributed by atoms with Crippen LogP contribution in [0.2, 0.25) is 0 Å².